The van der Waals surface area contributed by atoms with Crippen LogP contribution < -0.4 is 0 Å². The van der Waals surface area contributed by atoms with Crippen LogP contribution in [0.3, 0.4) is 0 Å². The summed E-state index contributed by atoms with van der Waals surface area (Å²) in [7, 11) is 0. The second-order valence-corrected chi connectivity index (χ2v) is 9.86. The summed E-state index contributed by atoms with van der Waals surface area (Å²) in [4.78, 5) is 17.7. The molecule has 6 heteroatoms. The van der Waals surface area contributed by atoms with Gasteiger partial charge in [-0.05, 0) is 55.5 Å². The summed E-state index contributed by atoms with van der Waals surface area (Å²) in [6.07, 6.45) is 4.62. The van der Waals surface area contributed by atoms with E-state index in [1.54, 1.807) is 0 Å². The number of benzene rings is 2. The molecule has 2 fully saturated rings. The molecule has 0 N–H and O–H groups in total. The van der Waals surface area contributed by atoms with Gasteiger partial charge in [0, 0.05) is 31.6 Å². The van der Waals surface area contributed by atoms with Crippen molar-refractivity contribution in [3.8, 4) is 0 Å². The van der Waals surface area contributed by atoms with Crippen molar-refractivity contribution < 1.29 is 9.53 Å². The minimum Gasteiger partial charge on any atom is -0.379 e. The Morgan fingerprint density at radius 1 is 1.00 bits per heavy atom. The van der Waals surface area contributed by atoms with Crippen molar-refractivity contribution in [1.82, 2.24) is 9.80 Å². The molecule has 2 aromatic rings. The molecule has 2 heterocycles. The zero-order valence-corrected chi connectivity index (χ0v) is 20.1. The number of piperidine rings is 1. The van der Waals surface area contributed by atoms with Gasteiger partial charge < -0.3 is 9.64 Å². The van der Waals surface area contributed by atoms with Crippen LogP contribution in [0.25, 0.3) is 0 Å². The van der Waals surface area contributed by atoms with E-state index in [4.69, 9.17) is 27.9 Å². The first-order chi connectivity index (χ1) is 15.6. The van der Waals surface area contributed by atoms with E-state index in [2.05, 4.69) is 15.9 Å². The third kappa shape index (κ3) is 5.85. The molecule has 0 spiro atoms. The maximum absolute atomic E-state index is 13.2. The van der Waals surface area contributed by atoms with Crippen LogP contribution in [0.15, 0.2) is 48.5 Å². The monoisotopic (exact) mass is 474 g/mol. The van der Waals surface area contributed by atoms with E-state index in [0.29, 0.717) is 16.5 Å². The second-order valence-electron chi connectivity index (χ2n) is 9.05. The molecule has 0 saturated carbocycles. The van der Waals surface area contributed by atoms with Crippen LogP contribution in [0.4, 0.5) is 0 Å². The zero-order chi connectivity index (χ0) is 22.4. The number of likely N-dealkylation sites (tertiary alicyclic amines) is 1. The molecule has 172 valence electrons. The number of ether oxygens (including phenoxy) is 1. The minimum atomic E-state index is -0.0921. The molecule has 32 heavy (non-hydrogen) atoms. The standard InChI is InChI=1S/C26H32Cl2N2O2/c27-23-9-8-22(19-24(23)28)26(10-4-12-29-14-16-32-17-15-29)11-5-13-30(20-26)25(31)18-21-6-2-1-3-7-21/h1-3,6-9,19H,4-5,10-18,20H2. The van der Waals surface area contributed by atoms with Gasteiger partial charge in [-0.15, -0.1) is 0 Å². The lowest BCUT2D eigenvalue weighted by Crippen LogP contribution is -2.49. The van der Waals surface area contributed by atoms with E-state index < -0.39 is 0 Å². The van der Waals surface area contributed by atoms with E-state index in [0.717, 1.165) is 77.2 Å². The van der Waals surface area contributed by atoms with Gasteiger partial charge in [0.2, 0.25) is 5.91 Å². The summed E-state index contributed by atoms with van der Waals surface area (Å²) < 4.78 is 5.49. The Morgan fingerprint density at radius 2 is 1.78 bits per heavy atom. The molecule has 2 saturated heterocycles. The minimum absolute atomic E-state index is 0.0921. The van der Waals surface area contributed by atoms with Gasteiger partial charge in [-0.3, -0.25) is 9.69 Å². The highest BCUT2D eigenvalue weighted by atomic mass is 35.5. The van der Waals surface area contributed by atoms with Crippen molar-refractivity contribution in [2.75, 3.05) is 45.9 Å². The Hall–Kier alpha value is -1.59. The van der Waals surface area contributed by atoms with Crippen molar-refractivity contribution in [3.63, 3.8) is 0 Å². The molecule has 0 radical (unpaired) electrons. The van der Waals surface area contributed by atoms with E-state index in [1.165, 1.54) is 5.56 Å². The zero-order valence-electron chi connectivity index (χ0n) is 18.6. The normalized spacial score (nSPS) is 22.1. The van der Waals surface area contributed by atoms with Gasteiger partial charge >= 0.3 is 0 Å². The highest BCUT2D eigenvalue weighted by Crippen LogP contribution is 2.40. The van der Waals surface area contributed by atoms with Crippen molar-refractivity contribution in [2.45, 2.75) is 37.5 Å². The van der Waals surface area contributed by atoms with Crippen molar-refractivity contribution in [3.05, 3.63) is 69.7 Å². The first-order valence-corrected chi connectivity index (χ1v) is 12.4. The molecular weight excluding hydrogens is 443 g/mol. The highest BCUT2D eigenvalue weighted by Gasteiger charge is 2.38. The quantitative estimate of drug-likeness (QED) is 0.551. The lowest BCUT2D eigenvalue weighted by molar-refractivity contribution is -0.132. The van der Waals surface area contributed by atoms with Gasteiger partial charge in [0.25, 0.3) is 0 Å². The predicted octanol–water partition coefficient (Wildman–Crippen LogP) is 5.21. The van der Waals surface area contributed by atoms with Crippen LogP contribution in [-0.2, 0) is 21.4 Å². The number of hydrogen-bond donors (Lipinski definition) is 0. The fourth-order valence-corrected chi connectivity index (χ4v) is 5.40. The molecule has 1 atom stereocenters. The lowest BCUT2D eigenvalue weighted by atomic mass is 9.71. The summed E-state index contributed by atoms with van der Waals surface area (Å²) >= 11 is 12.6. The van der Waals surface area contributed by atoms with E-state index in [9.17, 15) is 4.79 Å². The second kappa shape index (κ2) is 11.0. The van der Waals surface area contributed by atoms with Crippen LogP contribution >= 0.6 is 23.2 Å². The smallest absolute Gasteiger partial charge is 0.227 e. The van der Waals surface area contributed by atoms with E-state index in [-0.39, 0.29) is 11.3 Å². The Bertz CT molecular complexity index is 902. The van der Waals surface area contributed by atoms with Gasteiger partial charge in [-0.1, -0.05) is 59.6 Å². The number of rotatable bonds is 7. The molecule has 4 nitrogen and oxygen atoms in total. The summed E-state index contributed by atoms with van der Waals surface area (Å²) in [6.45, 7) is 6.25. The Kier molecular flexibility index (Phi) is 8.12. The highest BCUT2D eigenvalue weighted by molar-refractivity contribution is 6.42. The Labute approximate surface area is 201 Å². The number of carbonyl (C=O) groups is 1. The van der Waals surface area contributed by atoms with Crippen LogP contribution in [0.5, 0.6) is 0 Å². The summed E-state index contributed by atoms with van der Waals surface area (Å²) in [5.74, 6) is 0.202. The number of amides is 1. The molecule has 1 amide bonds. The lowest BCUT2D eigenvalue weighted by Gasteiger charge is -2.44. The summed E-state index contributed by atoms with van der Waals surface area (Å²) in [5.41, 5.74) is 2.17. The van der Waals surface area contributed by atoms with Crippen LogP contribution in [0.2, 0.25) is 10.0 Å². The van der Waals surface area contributed by atoms with Gasteiger partial charge in [0.15, 0.2) is 0 Å². The molecule has 2 aromatic carbocycles. The van der Waals surface area contributed by atoms with Gasteiger partial charge in [-0.25, -0.2) is 0 Å². The summed E-state index contributed by atoms with van der Waals surface area (Å²) in [5, 5.41) is 1.16. The molecule has 2 aliphatic rings. The fourth-order valence-electron chi connectivity index (χ4n) is 5.10. The van der Waals surface area contributed by atoms with Crippen molar-refractivity contribution in [2.24, 2.45) is 0 Å². The topological polar surface area (TPSA) is 32.8 Å². The summed E-state index contributed by atoms with van der Waals surface area (Å²) in [6, 6.07) is 16.0. The molecule has 0 aliphatic carbocycles. The van der Waals surface area contributed by atoms with Gasteiger partial charge in [-0.2, -0.15) is 0 Å². The number of halogens is 2. The molecule has 4 rings (SSSR count). The van der Waals surface area contributed by atoms with Gasteiger partial charge in [0.1, 0.15) is 0 Å². The third-order valence-electron chi connectivity index (χ3n) is 6.89. The molecule has 0 aromatic heterocycles. The van der Waals surface area contributed by atoms with E-state index >= 15 is 0 Å². The SMILES string of the molecule is O=C(Cc1ccccc1)N1CCCC(CCCN2CCOCC2)(c2ccc(Cl)c(Cl)c2)C1. The molecular formula is C26H32Cl2N2O2. The molecule has 1 unspecified atom stereocenters. The molecule has 0 bridgehead atoms. The predicted molar refractivity (Wildman–Crippen MR) is 131 cm³/mol. The largest absolute Gasteiger partial charge is 0.379 e. The first-order valence-electron chi connectivity index (χ1n) is 11.6. The van der Waals surface area contributed by atoms with Crippen LogP contribution in [0, 0.1) is 0 Å². The molecule has 2 aliphatic heterocycles. The maximum Gasteiger partial charge on any atom is 0.227 e. The fraction of sp³-hybridized carbons (Fsp3) is 0.500. The number of morpholine rings is 1. The van der Waals surface area contributed by atoms with Crippen LogP contribution in [-0.4, -0.2) is 61.6 Å². The van der Waals surface area contributed by atoms with Crippen LogP contribution in [0.1, 0.15) is 36.8 Å². The Balaban J connectivity index is 1.50. The number of hydrogen-bond acceptors (Lipinski definition) is 3. The van der Waals surface area contributed by atoms with Crippen molar-refractivity contribution >= 4 is 29.1 Å². The maximum atomic E-state index is 13.2. The van der Waals surface area contributed by atoms with E-state index in [1.807, 2.05) is 42.5 Å². The van der Waals surface area contributed by atoms with Gasteiger partial charge in [0.05, 0.1) is 29.7 Å². The average Bonchev–Trinajstić information content (AvgIpc) is 2.82. The average molecular weight is 475 g/mol. The number of carbonyl (C=O) groups excluding carboxylic acids is 1. The Morgan fingerprint density at radius 3 is 2.53 bits per heavy atom. The number of nitrogens with zero attached hydrogens (tertiary/aromatic N) is 2. The first kappa shape index (κ1) is 23.6. The third-order valence-corrected chi connectivity index (χ3v) is 7.63. The van der Waals surface area contributed by atoms with Crippen molar-refractivity contribution in [1.29, 1.82) is 0 Å².